The lowest BCUT2D eigenvalue weighted by atomic mass is 9.99. The van der Waals surface area contributed by atoms with Gasteiger partial charge in [-0.1, -0.05) is 20.4 Å². The molecule has 0 saturated carbocycles. The van der Waals surface area contributed by atoms with Gasteiger partial charge in [-0.25, -0.2) is 0 Å². The molecule has 1 aromatic rings. The van der Waals surface area contributed by atoms with Gasteiger partial charge in [0, 0.05) is 17.9 Å². The van der Waals surface area contributed by atoms with E-state index in [9.17, 15) is 5.11 Å². The normalized spacial score (nSPS) is 14.6. The number of ether oxygens (including phenoxy) is 1. The number of aliphatic hydroxyl groups excluding tert-OH is 1. The van der Waals surface area contributed by atoms with Gasteiger partial charge >= 0.3 is 0 Å². The van der Waals surface area contributed by atoms with Crippen LogP contribution in [0.2, 0.25) is 0 Å². The van der Waals surface area contributed by atoms with Crippen LogP contribution in [0.15, 0.2) is 30.5 Å². The molecule has 1 heterocycles. The predicted molar refractivity (Wildman–Crippen MR) is 83.3 cm³/mol. The number of hydrogen-bond donors (Lipinski definition) is 1. The summed E-state index contributed by atoms with van der Waals surface area (Å²) in [6.07, 6.45) is 3.02. The van der Waals surface area contributed by atoms with Gasteiger partial charge in [0.1, 0.15) is 5.75 Å². The Morgan fingerprint density at radius 3 is 2.85 bits per heavy atom. The number of aryl methyl sites for hydroxylation is 1. The van der Waals surface area contributed by atoms with Crippen molar-refractivity contribution < 1.29 is 9.84 Å². The molecule has 3 nitrogen and oxygen atoms in total. The first kappa shape index (κ1) is 14.9. The lowest BCUT2D eigenvalue weighted by Gasteiger charge is -2.33. The van der Waals surface area contributed by atoms with Crippen LogP contribution in [-0.2, 0) is 6.42 Å². The van der Waals surface area contributed by atoms with Gasteiger partial charge in [0.2, 0.25) is 0 Å². The van der Waals surface area contributed by atoms with E-state index in [0.717, 1.165) is 43.0 Å². The Hall–Kier alpha value is -1.48. The maximum absolute atomic E-state index is 9.18. The Kier molecular flexibility index (Phi) is 5.07. The molecule has 0 unspecified atom stereocenters. The molecule has 1 N–H and O–H groups in total. The third-order valence-electron chi connectivity index (χ3n) is 3.69. The summed E-state index contributed by atoms with van der Waals surface area (Å²) in [5.74, 6) is 1.61. The van der Waals surface area contributed by atoms with Gasteiger partial charge in [-0.3, -0.25) is 0 Å². The van der Waals surface area contributed by atoms with Crippen molar-refractivity contribution in [2.75, 3.05) is 24.7 Å². The Morgan fingerprint density at radius 2 is 2.15 bits per heavy atom. The number of hydrogen-bond acceptors (Lipinski definition) is 3. The second-order valence-electron chi connectivity index (χ2n) is 5.76. The highest BCUT2D eigenvalue weighted by atomic mass is 16.5. The molecule has 2 rings (SSSR count). The molecule has 110 valence electrons. The van der Waals surface area contributed by atoms with Crippen molar-refractivity contribution in [1.29, 1.82) is 0 Å². The molecule has 0 aliphatic carbocycles. The topological polar surface area (TPSA) is 32.7 Å². The van der Waals surface area contributed by atoms with Crippen molar-refractivity contribution in [2.24, 2.45) is 5.92 Å². The minimum atomic E-state index is 0.144. The van der Waals surface area contributed by atoms with Crippen LogP contribution in [0.25, 0.3) is 0 Å². The molecule has 0 atom stereocenters. The second kappa shape index (κ2) is 6.80. The Balaban J connectivity index is 2.09. The number of nitrogens with zero attached hydrogens (tertiary/aromatic N) is 1. The first-order chi connectivity index (χ1) is 9.61. The molecule has 20 heavy (non-hydrogen) atoms. The monoisotopic (exact) mass is 275 g/mol. The van der Waals surface area contributed by atoms with E-state index < -0.39 is 0 Å². The third kappa shape index (κ3) is 3.54. The Labute approximate surface area is 121 Å². The van der Waals surface area contributed by atoms with Crippen LogP contribution in [0, 0.1) is 5.92 Å². The second-order valence-corrected chi connectivity index (χ2v) is 5.76. The zero-order valence-corrected chi connectivity index (χ0v) is 12.6. The molecule has 1 aromatic carbocycles. The fourth-order valence-corrected chi connectivity index (χ4v) is 2.49. The molecule has 0 fully saturated rings. The number of fused-ring (bicyclic) bond motifs is 1. The molecule has 0 radical (unpaired) electrons. The van der Waals surface area contributed by atoms with E-state index >= 15 is 0 Å². The minimum Gasteiger partial charge on any atom is -0.494 e. The molecule has 1 aliphatic rings. The van der Waals surface area contributed by atoms with Crippen LogP contribution in [-0.4, -0.2) is 24.9 Å². The van der Waals surface area contributed by atoms with Crippen LogP contribution in [0.4, 0.5) is 5.69 Å². The average Bonchev–Trinajstić information content (AvgIpc) is 2.42. The first-order valence-corrected chi connectivity index (χ1v) is 7.43. The summed E-state index contributed by atoms with van der Waals surface area (Å²) in [6, 6.07) is 6.23. The van der Waals surface area contributed by atoms with Gasteiger partial charge in [0.25, 0.3) is 0 Å². The number of rotatable bonds is 6. The summed E-state index contributed by atoms with van der Waals surface area (Å²) in [5, 5.41) is 9.18. The maximum atomic E-state index is 9.18. The number of anilines is 1. The summed E-state index contributed by atoms with van der Waals surface area (Å²) in [4.78, 5) is 2.11. The molecule has 0 bridgehead atoms. The van der Waals surface area contributed by atoms with Gasteiger partial charge in [-0.2, -0.15) is 0 Å². The van der Waals surface area contributed by atoms with E-state index in [1.54, 1.807) is 0 Å². The molecule has 0 saturated heterocycles. The van der Waals surface area contributed by atoms with Gasteiger partial charge in [0.05, 0.1) is 13.2 Å². The molecule has 1 aliphatic heterocycles. The molecular formula is C17H25NO2. The highest BCUT2D eigenvalue weighted by Crippen LogP contribution is 2.34. The first-order valence-electron chi connectivity index (χ1n) is 7.43. The Bertz CT molecular complexity index is 468. The van der Waals surface area contributed by atoms with E-state index in [0.29, 0.717) is 12.5 Å². The van der Waals surface area contributed by atoms with Gasteiger partial charge < -0.3 is 14.7 Å². The zero-order chi connectivity index (χ0) is 14.5. The van der Waals surface area contributed by atoms with Crippen LogP contribution in [0.5, 0.6) is 5.75 Å². The van der Waals surface area contributed by atoms with Crippen LogP contribution >= 0.6 is 0 Å². The lowest BCUT2D eigenvalue weighted by Crippen LogP contribution is -2.29. The molecular weight excluding hydrogens is 250 g/mol. The average molecular weight is 275 g/mol. The van der Waals surface area contributed by atoms with Crippen molar-refractivity contribution in [3.8, 4) is 5.75 Å². The smallest absolute Gasteiger partial charge is 0.119 e. The largest absolute Gasteiger partial charge is 0.494 e. The van der Waals surface area contributed by atoms with Crippen molar-refractivity contribution in [3.05, 3.63) is 36.0 Å². The summed E-state index contributed by atoms with van der Waals surface area (Å²) in [5.41, 5.74) is 3.53. The minimum absolute atomic E-state index is 0.144. The van der Waals surface area contributed by atoms with E-state index in [1.807, 2.05) is 6.07 Å². The molecule has 0 spiro atoms. The number of allylic oxidation sites excluding steroid dienone is 1. The fraction of sp³-hybridized carbons (Fsp3) is 0.529. The van der Waals surface area contributed by atoms with E-state index in [1.165, 1.54) is 5.56 Å². The van der Waals surface area contributed by atoms with Crippen molar-refractivity contribution >= 4 is 5.69 Å². The van der Waals surface area contributed by atoms with Gasteiger partial charge in [0.15, 0.2) is 0 Å². The zero-order valence-electron chi connectivity index (χ0n) is 12.6. The molecule has 0 aromatic heterocycles. The summed E-state index contributed by atoms with van der Waals surface area (Å²) < 4.78 is 5.81. The van der Waals surface area contributed by atoms with Gasteiger partial charge in [-0.15, -0.1) is 0 Å². The standard InChI is InChI=1S/C17H25NO2/c1-13(2)8-11-20-16-6-7-17-15(12-16)5-4-14(3)18(17)9-10-19/h6-7,12-13,19H,3-5,8-11H2,1-2H3. The van der Waals surface area contributed by atoms with E-state index in [4.69, 9.17) is 4.74 Å². The van der Waals surface area contributed by atoms with E-state index in [-0.39, 0.29) is 6.61 Å². The molecule has 3 heteroatoms. The van der Waals surface area contributed by atoms with Crippen molar-refractivity contribution in [3.63, 3.8) is 0 Å². The van der Waals surface area contributed by atoms with Crippen molar-refractivity contribution in [2.45, 2.75) is 33.1 Å². The predicted octanol–water partition coefficient (Wildman–Crippen LogP) is 3.37. The number of benzene rings is 1. The maximum Gasteiger partial charge on any atom is 0.119 e. The van der Waals surface area contributed by atoms with Crippen LogP contribution in [0.3, 0.4) is 0 Å². The lowest BCUT2D eigenvalue weighted by molar-refractivity contribution is 0.289. The highest BCUT2D eigenvalue weighted by molar-refractivity contribution is 5.62. The van der Waals surface area contributed by atoms with Crippen molar-refractivity contribution in [1.82, 2.24) is 0 Å². The van der Waals surface area contributed by atoms with Crippen LogP contribution < -0.4 is 9.64 Å². The van der Waals surface area contributed by atoms with Crippen LogP contribution in [0.1, 0.15) is 32.3 Å². The quantitative estimate of drug-likeness (QED) is 0.864. The number of aliphatic hydroxyl groups is 1. The fourth-order valence-electron chi connectivity index (χ4n) is 2.49. The number of β-amino-alcohol motifs (C(OH)–C–C–N with tert-alkyl or cyclic N) is 1. The summed E-state index contributed by atoms with van der Waals surface area (Å²) >= 11 is 0. The molecule has 0 amide bonds. The van der Waals surface area contributed by atoms with Gasteiger partial charge in [-0.05, 0) is 48.9 Å². The highest BCUT2D eigenvalue weighted by Gasteiger charge is 2.19. The SMILES string of the molecule is C=C1CCc2cc(OCCC(C)C)ccc2N1CCO. The van der Waals surface area contributed by atoms with E-state index in [2.05, 4.69) is 37.5 Å². The Morgan fingerprint density at radius 1 is 1.35 bits per heavy atom. The summed E-state index contributed by atoms with van der Waals surface area (Å²) in [6.45, 7) is 10.0. The summed E-state index contributed by atoms with van der Waals surface area (Å²) in [7, 11) is 0. The third-order valence-corrected chi connectivity index (χ3v) is 3.69.